The van der Waals surface area contributed by atoms with Crippen LogP contribution >= 0.6 is 45.9 Å². The molecule has 2 fully saturated rings. The second-order valence-corrected chi connectivity index (χ2v) is 12.8. The molecule has 1 aliphatic heterocycles. The predicted octanol–water partition coefficient (Wildman–Crippen LogP) is 8.37. The van der Waals surface area contributed by atoms with Crippen LogP contribution in [0.3, 0.4) is 0 Å². The van der Waals surface area contributed by atoms with Crippen LogP contribution in [-0.4, -0.2) is 39.4 Å². The predicted molar refractivity (Wildman–Crippen MR) is 156 cm³/mol. The standard InChI is InChI=1S/C28H27Cl2N3O4S2/c1-14-8-18(9-15(2)33(14)28-31-22(13-39-28)23-10-17(12-38-23)27(34)35)36-11-19-25(32-37-26(19)16-6-7-16)24-20(29)4-3-5-21(24)30/h3-5,10,12-16,18H,6-9,11H2,1-2H3,(H,34,35)/t14-,15+,18+. The number of hydrogen-bond donors (Lipinski definition) is 1. The summed E-state index contributed by atoms with van der Waals surface area (Å²) in [6, 6.07) is 7.57. The number of carboxylic acid groups (broad SMARTS) is 1. The summed E-state index contributed by atoms with van der Waals surface area (Å²) in [5.41, 5.74) is 3.41. The Labute approximate surface area is 244 Å². The van der Waals surface area contributed by atoms with Crippen LogP contribution in [-0.2, 0) is 11.3 Å². The molecule has 4 heterocycles. The van der Waals surface area contributed by atoms with Gasteiger partial charge in [0.1, 0.15) is 11.5 Å². The molecular formula is C28H27Cl2N3O4S2. The summed E-state index contributed by atoms with van der Waals surface area (Å²) >= 11 is 16.0. The normalized spacial score (nSPS) is 21.4. The van der Waals surface area contributed by atoms with Crippen molar-refractivity contribution in [1.29, 1.82) is 0 Å². The lowest BCUT2D eigenvalue weighted by molar-refractivity contribution is 0.00973. The molecule has 1 N–H and O–H groups in total. The van der Waals surface area contributed by atoms with Crippen molar-refractivity contribution in [3.63, 3.8) is 0 Å². The first-order chi connectivity index (χ1) is 18.8. The van der Waals surface area contributed by atoms with Gasteiger partial charge in [-0.15, -0.1) is 22.7 Å². The quantitative estimate of drug-likeness (QED) is 0.216. The molecule has 1 aliphatic carbocycles. The van der Waals surface area contributed by atoms with Gasteiger partial charge >= 0.3 is 5.97 Å². The van der Waals surface area contributed by atoms with E-state index in [0.29, 0.717) is 39.4 Å². The van der Waals surface area contributed by atoms with Gasteiger partial charge in [0, 0.05) is 39.9 Å². The maximum atomic E-state index is 11.3. The van der Waals surface area contributed by atoms with E-state index in [4.69, 9.17) is 37.4 Å². The molecule has 0 amide bonds. The van der Waals surface area contributed by atoms with Crippen molar-refractivity contribution >= 4 is 57.0 Å². The summed E-state index contributed by atoms with van der Waals surface area (Å²) in [5.74, 6) is 0.337. The van der Waals surface area contributed by atoms with Gasteiger partial charge < -0.3 is 19.3 Å². The van der Waals surface area contributed by atoms with E-state index < -0.39 is 5.97 Å². The summed E-state index contributed by atoms with van der Waals surface area (Å²) in [6.45, 7) is 4.79. The summed E-state index contributed by atoms with van der Waals surface area (Å²) in [4.78, 5) is 19.3. The third-order valence-electron chi connectivity index (χ3n) is 7.40. The number of aromatic carboxylic acids is 1. The molecule has 2 aliphatic rings. The lowest BCUT2D eigenvalue weighted by Gasteiger charge is -2.42. The second kappa shape index (κ2) is 10.9. The van der Waals surface area contributed by atoms with Gasteiger partial charge in [-0.3, -0.25) is 0 Å². The van der Waals surface area contributed by atoms with Gasteiger partial charge in [0.25, 0.3) is 0 Å². The van der Waals surface area contributed by atoms with Crippen LogP contribution in [0.2, 0.25) is 10.0 Å². The smallest absolute Gasteiger partial charge is 0.336 e. The molecule has 0 radical (unpaired) electrons. The van der Waals surface area contributed by atoms with Crippen molar-refractivity contribution < 1.29 is 19.2 Å². The average Bonchev–Trinajstić information content (AvgIpc) is 3.27. The highest BCUT2D eigenvalue weighted by Crippen LogP contribution is 2.46. The number of carboxylic acids is 1. The van der Waals surface area contributed by atoms with E-state index in [0.717, 1.165) is 52.7 Å². The summed E-state index contributed by atoms with van der Waals surface area (Å²) < 4.78 is 12.3. The molecule has 1 saturated carbocycles. The van der Waals surface area contributed by atoms with Crippen LogP contribution in [0.4, 0.5) is 5.13 Å². The van der Waals surface area contributed by atoms with Gasteiger partial charge in [-0.2, -0.15) is 0 Å². The van der Waals surface area contributed by atoms with Crippen molar-refractivity contribution in [1.82, 2.24) is 10.1 Å². The van der Waals surface area contributed by atoms with Crippen molar-refractivity contribution in [2.75, 3.05) is 4.90 Å². The minimum atomic E-state index is -0.921. The molecule has 0 bridgehead atoms. The van der Waals surface area contributed by atoms with Crippen molar-refractivity contribution in [3.8, 4) is 21.8 Å². The Hall–Kier alpha value is -2.43. The van der Waals surface area contributed by atoms with Crippen molar-refractivity contribution in [2.45, 2.75) is 70.2 Å². The molecule has 11 heteroatoms. The largest absolute Gasteiger partial charge is 0.478 e. The number of nitrogens with zero attached hydrogens (tertiary/aromatic N) is 3. The molecule has 204 valence electrons. The number of benzene rings is 1. The molecule has 1 aromatic carbocycles. The molecule has 1 saturated heterocycles. The highest BCUT2D eigenvalue weighted by molar-refractivity contribution is 7.16. The number of piperidine rings is 1. The Morgan fingerprint density at radius 3 is 2.51 bits per heavy atom. The van der Waals surface area contributed by atoms with Crippen molar-refractivity contribution in [2.24, 2.45) is 0 Å². The SMILES string of the molecule is C[C@@H]1C[C@H](OCc2c(-c3c(Cl)cccc3Cl)noc2C2CC2)C[C@H](C)N1c1nc(-c2cc(C(=O)O)cs2)cs1. The number of thiazole rings is 1. The average molecular weight is 605 g/mol. The molecule has 3 atom stereocenters. The summed E-state index contributed by atoms with van der Waals surface area (Å²) in [5, 5.41) is 19.3. The number of carbonyl (C=O) groups is 1. The number of thiophene rings is 1. The van der Waals surface area contributed by atoms with E-state index in [1.54, 1.807) is 22.8 Å². The number of anilines is 1. The number of halogens is 2. The van der Waals surface area contributed by atoms with E-state index in [-0.39, 0.29) is 18.2 Å². The van der Waals surface area contributed by atoms with E-state index in [1.165, 1.54) is 11.3 Å². The lowest BCUT2D eigenvalue weighted by atomic mass is 9.95. The summed E-state index contributed by atoms with van der Waals surface area (Å²) in [6.07, 6.45) is 3.95. The van der Waals surface area contributed by atoms with E-state index in [9.17, 15) is 9.90 Å². The van der Waals surface area contributed by atoms with Crippen molar-refractivity contribution in [3.05, 3.63) is 62.0 Å². The van der Waals surface area contributed by atoms with Crippen LogP contribution in [0, 0.1) is 0 Å². The third-order valence-corrected chi connectivity index (χ3v) is 9.84. The van der Waals surface area contributed by atoms with Gasteiger partial charge in [0.15, 0.2) is 5.13 Å². The monoisotopic (exact) mass is 603 g/mol. The number of ether oxygens (including phenoxy) is 1. The zero-order valence-corrected chi connectivity index (χ0v) is 24.5. The fourth-order valence-electron chi connectivity index (χ4n) is 5.36. The number of aromatic nitrogens is 2. The maximum Gasteiger partial charge on any atom is 0.336 e. The fourth-order valence-corrected chi connectivity index (χ4v) is 7.88. The zero-order chi connectivity index (χ0) is 27.3. The first kappa shape index (κ1) is 26.8. The van der Waals surface area contributed by atoms with Crippen LogP contribution < -0.4 is 4.90 Å². The maximum absolute atomic E-state index is 11.3. The van der Waals surface area contributed by atoms with E-state index >= 15 is 0 Å². The second-order valence-electron chi connectivity index (χ2n) is 10.3. The minimum absolute atomic E-state index is 0.0672. The molecule has 0 unspecified atom stereocenters. The number of rotatable bonds is 8. The zero-order valence-electron chi connectivity index (χ0n) is 21.4. The van der Waals surface area contributed by atoms with Crippen LogP contribution in [0.5, 0.6) is 0 Å². The summed E-state index contributed by atoms with van der Waals surface area (Å²) in [7, 11) is 0. The Kier molecular flexibility index (Phi) is 7.45. The molecule has 0 spiro atoms. The number of hydrogen-bond acceptors (Lipinski definition) is 8. The Morgan fingerprint density at radius 2 is 1.87 bits per heavy atom. The van der Waals surface area contributed by atoms with Gasteiger partial charge in [-0.1, -0.05) is 34.4 Å². The fraction of sp³-hybridized carbons (Fsp3) is 0.393. The Bertz CT molecular complexity index is 1480. The highest BCUT2D eigenvalue weighted by atomic mass is 35.5. The van der Waals surface area contributed by atoms with Gasteiger partial charge in [0.05, 0.1) is 38.9 Å². The molecule has 39 heavy (non-hydrogen) atoms. The minimum Gasteiger partial charge on any atom is -0.478 e. The van der Waals surface area contributed by atoms with Crippen LogP contribution in [0.25, 0.3) is 21.8 Å². The van der Waals surface area contributed by atoms with Crippen LogP contribution in [0.1, 0.15) is 67.1 Å². The first-order valence-electron chi connectivity index (χ1n) is 12.9. The first-order valence-corrected chi connectivity index (χ1v) is 15.4. The molecule has 6 rings (SSSR count). The molecular weight excluding hydrogens is 577 g/mol. The highest BCUT2D eigenvalue weighted by Gasteiger charge is 2.36. The van der Waals surface area contributed by atoms with E-state index in [1.807, 2.05) is 23.6 Å². The molecule has 7 nitrogen and oxygen atoms in total. The third kappa shape index (κ3) is 5.35. The van der Waals surface area contributed by atoms with Gasteiger partial charge in [-0.25, -0.2) is 9.78 Å². The Balaban J connectivity index is 1.16. The van der Waals surface area contributed by atoms with Crippen LogP contribution in [0.15, 0.2) is 39.5 Å². The topological polar surface area (TPSA) is 88.7 Å². The Morgan fingerprint density at radius 1 is 1.15 bits per heavy atom. The molecule has 3 aromatic heterocycles. The van der Waals surface area contributed by atoms with E-state index in [2.05, 4.69) is 23.9 Å². The van der Waals surface area contributed by atoms with Gasteiger partial charge in [0.2, 0.25) is 0 Å². The lowest BCUT2D eigenvalue weighted by Crippen LogP contribution is -2.49. The molecule has 4 aromatic rings. The van der Waals surface area contributed by atoms with Gasteiger partial charge in [-0.05, 0) is 57.7 Å².